The molecule has 2 rings (SSSR count). The van der Waals surface area contributed by atoms with Crippen molar-refractivity contribution < 1.29 is 9.90 Å². The van der Waals surface area contributed by atoms with Crippen LogP contribution in [0.5, 0.6) is 0 Å². The predicted octanol–water partition coefficient (Wildman–Crippen LogP) is 1.18. The number of carbonyl (C=O) groups excluding carboxylic acids is 1. The number of aromatic nitrogens is 1. The van der Waals surface area contributed by atoms with Gasteiger partial charge in [-0.1, -0.05) is 0 Å². The van der Waals surface area contributed by atoms with Gasteiger partial charge in [0.2, 0.25) is 0 Å². The lowest BCUT2D eigenvalue weighted by molar-refractivity contribution is 0.0871. The zero-order valence-corrected chi connectivity index (χ0v) is 9.17. The van der Waals surface area contributed by atoms with Crippen LogP contribution in [0.3, 0.4) is 0 Å². The van der Waals surface area contributed by atoms with Crippen molar-refractivity contribution in [1.82, 2.24) is 10.3 Å². The molecule has 2 N–H and O–H groups in total. The molecule has 1 amide bonds. The number of hydrogen-bond acceptors (Lipinski definition) is 4. The minimum atomic E-state index is -0.179. The van der Waals surface area contributed by atoms with Crippen LogP contribution in [0.25, 0.3) is 0 Å². The number of nitrogens with one attached hydrogen (secondary N) is 1. The zero-order chi connectivity index (χ0) is 10.7. The van der Waals surface area contributed by atoms with Crippen molar-refractivity contribution in [2.75, 3.05) is 0 Å². The van der Waals surface area contributed by atoms with E-state index >= 15 is 0 Å². The molecule has 0 radical (unpaired) electrons. The Morgan fingerprint density at radius 1 is 1.47 bits per heavy atom. The molecule has 1 aliphatic rings. The molecule has 0 aliphatic heterocycles. The number of hydrogen-bond donors (Lipinski definition) is 2. The third-order valence-corrected chi connectivity index (χ3v) is 3.46. The zero-order valence-electron chi connectivity index (χ0n) is 8.35. The van der Waals surface area contributed by atoms with E-state index in [9.17, 15) is 9.90 Å². The molecular weight excluding hydrogens is 212 g/mol. The van der Waals surface area contributed by atoms with E-state index in [-0.39, 0.29) is 18.1 Å². The highest BCUT2D eigenvalue weighted by molar-refractivity contribution is 7.11. The van der Waals surface area contributed by atoms with Gasteiger partial charge in [-0.2, -0.15) is 0 Å². The van der Waals surface area contributed by atoms with E-state index in [1.165, 1.54) is 11.3 Å². The average Bonchev–Trinajstić information content (AvgIpc) is 2.74. The van der Waals surface area contributed by atoms with Crippen LogP contribution in [-0.4, -0.2) is 28.1 Å². The highest BCUT2D eigenvalue weighted by Gasteiger charge is 2.21. The fraction of sp³-hybridized carbons (Fsp3) is 0.600. The molecule has 0 unspecified atom stereocenters. The van der Waals surface area contributed by atoms with Gasteiger partial charge in [0.05, 0.1) is 17.8 Å². The molecule has 1 saturated carbocycles. The van der Waals surface area contributed by atoms with E-state index in [1.807, 2.05) is 0 Å². The molecule has 0 atom stereocenters. The molecule has 0 bridgehead atoms. The first-order valence-corrected chi connectivity index (χ1v) is 6.01. The molecule has 5 heteroatoms. The lowest BCUT2D eigenvalue weighted by atomic mass is 9.93. The van der Waals surface area contributed by atoms with Gasteiger partial charge in [0, 0.05) is 6.04 Å². The Balaban J connectivity index is 1.85. The number of amides is 1. The van der Waals surface area contributed by atoms with Crippen molar-refractivity contribution >= 4 is 17.2 Å². The van der Waals surface area contributed by atoms with Crippen LogP contribution in [0.1, 0.15) is 35.4 Å². The van der Waals surface area contributed by atoms with Gasteiger partial charge in [-0.25, -0.2) is 0 Å². The topological polar surface area (TPSA) is 62.2 Å². The second-order valence-corrected chi connectivity index (χ2v) is 4.73. The summed E-state index contributed by atoms with van der Waals surface area (Å²) in [6.07, 6.45) is 4.71. The molecule has 1 fully saturated rings. The van der Waals surface area contributed by atoms with Crippen molar-refractivity contribution in [3.63, 3.8) is 0 Å². The predicted molar refractivity (Wildman–Crippen MR) is 57.8 cm³/mol. The van der Waals surface area contributed by atoms with Crippen LogP contribution in [0, 0.1) is 0 Å². The molecule has 1 aromatic rings. The molecule has 0 spiro atoms. The Labute approximate surface area is 92.3 Å². The first-order valence-electron chi connectivity index (χ1n) is 5.13. The maximum atomic E-state index is 11.7. The Hall–Kier alpha value is -0.940. The van der Waals surface area contributed by atoms with Gasteiger partial charge in [-0.05, 0) is 25.7 Å². The van der Waals surface area contributed by atoms with Crippen molar-refractivity contribution in [2.45, 2.75) is 37.8 Å². The molecule has 0 saturated heterocycles. The van der Waals surface area contributed by atoms with Gasteiger partial charge < -0.3 is 10.4 Å². The Morgan fingerprint density at radius 3 is 2.80 bits per heavy atom. The number of carbonyl (C=O) groups is 1. The SMILES string of the molecule is O=C(NC1CCC(O)CC1)c1cncs1. The summed E-state index contributed by atoms with van der Waals surface area (Å²) in [7, 11) is 0. The highest BCUT2D eigenvalue weighted by Crippen LogP contribution is 2.19. The summed E-state index contributed by atoms with van der Waals surface area (Å²) in [5, 5.41) is 12.3. The van der Waals surface area contributed by atoms with Crippen molar-refractivity contribution in [1.29, 1.82) is 0 Å². The third kappa shape index (κ3) is 2.76. The molecule has 1 aliphatic carbocycles. The van der Waals surface area contributed by atoms with Crippen LogP contribution in [-0.2, 0) is 0 Å². The van der Waals surface area contributed by atoms with Gasteiger partial charge >= 0.3 is 0 Å². The van der Waals surface area contributed by atoms with E-state index in [0.717, 1.165) is 25.7 Å². The summed E-state index contributed by atoms with van der Waals surface area (Å²) in [4.78, 5) is 16.2. The fourth-order valence-corrected chi connectivity index (χ4v) is 2.33. The normalized spacial score (nSPS) is 26.2. The first kappa shape index (κ1) is 10.6. The first-order chi connectivity index (χ1) is 7.25. The summed E-state index contributed by atoms with van der Waals surface area (Å²) in [6, 6.07) is 0.211. The summed E-state index contributed by atoms with van der Waals surface area (Å²) < 4.78 is 0. The smallest absolute Gasteiger partial charge is 0.263 e. The monoisotopic (exact) mass is 226 g/mol. The van der Waals surface area contributed by atoms with Gasteiger partial charge in [0.25, 0.3) is 5.91 Å². The van der Waals surface area contributed by atoms with Gasteiger partial charge in [-0.15, -0.1) is 11.3 Å². The van der Waals surface area contributed by atoms with Crippen LogP contribution in [0.4, 0.5) is 0 Å². The summed E-state index contributed by atoms with van der Waals surface area (Å²) in [5.74, 6) is -0.0427. The lowest BCUT2D eigenvalue weighted by Gasteiger charge is -2.25. The van der Waals surface area contributed by atoms with Crippen molar-refractivity contribution in [3.05, 3.63) is 16.6 Å². The van der Waals surface area contributed by atoms with Crippen molar-refractivity contribution in [2.24, 2.45) is 0 Å². The van der Waals surface area contributed by atoms with E-state index in [1.54, 1.807) is 11.7 Å². The molecule has 1 aromatic heterocycles. The Kier molecular flexibility index (Phi) is 3.33. The maximum absolute atomic E-state index is 11.7. The largest absolute Gasteiger partial charge is 0.393 e. The fourth-order valence-electron chi connectivity index (χ4n) is 1.80. The van der Waals surface area contributed by atoms with Crippen LogP contribution in [0.15, 0.2) is 11.7 Å². The van der Waals surface area contributed by atoms with Crippen LogP contribution < -0.4 is 5.32 Å². The number of rotatable bonds is 2. The standard InChI is InChI=1S/C10H14N2O2S/c13-8-3-1-7(2-4-8)12-10(14)9-5-11-6-15-9/h5-8,13H,1-4H2,(H,12,14). The van der Waals surface area contributed by atoms with Gasteiger partial charge in [-0.3, -0.25) is 9.78 Å². The summed E-state index contributed by atoms with van der Waals surface area (Å²) >= 11 is 1.35. The highest BCUT2D eigenvalue weighted by atomic mass is 32.1. The average molecular weight is 226 g/mol. The summed E-state index contributed by atoms with van der Waals surface area (Å²) in [6.45, 7) is 0. The minimum Gasteiger partial charge on any atom is -0.393 e. The Morgan fingerprint density at radius 2 is 2.20 bits per heavy atom. The van der Waals surface area contributed by atoms with Gasteiger partial charge in [0.1, 0.15) is 4.88 Å². The van der Waals surface area contributed by atoms with E-state index < -0.39 is 0 Å². The quantitative estimate of drug-likeness (QED) is 0.796. The third-order valence-electron chi connectivity index (χ3n) is 2.69. The second-order valence-electron chi connectivity index (χ2n) is 3.84. The number of aliphatic hydroxyl groups is 1. The minimum absolute atomic E-state index is 0.0427. The van der Waals surface area contributed by atoms with Gasteiger partial charge in [0.15, 0.2) is 0 Å². The van der Waals surface area contributed by atoms with E-state index in [0.29, 0.717) is 4.88 Å². The molecule has 4 nitrogen and oxygen atoms in total. The maximum Gasteiger partial charge on any atom is 0.263 e. The Bertz CT molecular complexity index is 318. The van der Waals surface area contributed by atoms with E-state index in [4.69, 9.17) is 0 Å². The molecular formula is C10H14N2O2S. The van der Waals surface area contributed by atoms with Crippen molar-refractivity contribution in [3.8, 4) is 0 Å². The number of thiazole rings is 1. The summed E-state index contributed by atoms with van der Waals surface area (Å²) in [5.41, 5.74) is 1.65. The second kappa shape index (κ2) is 4.72. The van der Waals surface area contributed by atoms with Crippen LogP contribution in [0.2, 0.25) is 0 Å². The van der Waals surface area contributed by atoms with Crippen LogP contribution >= 0.6 is 11.3 Å². The number of aliphatic hydroxyl groups excluding tert-OH is 1. The molecule has 82 valence electrons. The number of nitrogens with zero attached hydrogens (tertiary/aromatic N) is 1. The molecule has 15 heavy (non-hydrogen) atoms. The lowest BCUT2D eigenvalue weighted by Crippen LogP contribution is -2.38. The molecule has 0 aromatic carbocycles. The van der Waals surface area contributed by atoms with E-state index in [2.05, 4.69) is 10.3 Å². The molecule has 1 heterocycles.